The summed E-state index contributed by atoms with van der Waals surface area (Å²) in [6.07, 6.45) is 5.05. The SMILES string of the molecule is COCCC(C)C1(CO)CC2CC2C1. The molecule has 2 rings (SSSR count). The quantitative estimate of drug-likeness (QED) is 0.732. The van der Waals surface area contributed by atoms with Crippen molar-refractivity contribution in [2.24, 2.45) is 23.2 Å². The molecule has 0 aromatic carbocycles. The Labute approximate surface area is 86.6 Å². The predicted molar refractivity (Wildman–Crippen MR) is 56.0 cm³/mol. The molecule has 2 aliphatic rings. The highest BCUT2D eigenvalue weighted by Crippen LogP contribution is 2.62. The Kier molecular flexibility index (Phi) is 2.85. The molecule has 14 heavy (non-hydrogen) atoms. The first-order valence-electron chi connectivity index (χ1n) is 5.81. The van der Waals surface area contributed by atoms with Gasteiger partial charge in [0.15, 0.2) is 0 Å². The highest BCUT2D eigenvalue weighted by molar-refractivity contribution is 5.04. The molecule has 0 bridgehead atoms. The Bertz CT molecular complexity index is 192. The van der Waals surface area contributed by atoms with Crippen LogP contribution in [0.4, 0.5) is 0 Å². The van der Waals surface area contributed by atoms with Crippen LogP contribution in [0.5, 0.6) is 0 Å². The van der Waals surface area contributed by atoms with E-state index in [1.54, 1.807) is 7.11 Å². The third kappa shape index (κ3) is 1.70. The first kappa shape index (κ1) is 10.4. The number of ether oxygens (including phenoxy) is 1. The van der Waals surface area contributed by atoms with Crippen molar-refractivity contribution in [2.75, 3.05) is 20.3 Å². The van der Waals surface area contributed by atoms with Crippen LogP contribution in [0.25, 0.3) is 0 Å². The van der Waals surface area contributed by atoms with Gasteiger partial charge in [-0.1, -0.05) is 6.92 Å². The van der Waals surface area contributed by atoms with E-state index < -0.39 is 0 Å². The van der Waals surface area contributed by atoms with Gasteiger partial charge in [-0.2, -0.15) is 0 Å². The fourth-order valence-corrected chi connectivity index (χ4v) is 3.23. The molecule has 2 heteroatoms. The van der Waals surface area contributed by atoms with Crippen molar-refractivity contribution in [3.63, 3.8) is 0 Å². The molecule has 1 N–H and O–H groups in total. The van der Waals surface area contributed by atoms with Crippen molar-refractivity contribution in [1.82, 2.24) is 0 Å². The van der Waals surface area contributed by atoms with E-state index in [4.69, 9.17) is 4.74 Å². The number of rotatable bonds is 5. The lowest BCUT2D eigenvalue weighted by molar-refractivity contribution is 0.0435. The Morgan fingerprint density at radius 1 is 1.43 bits per heavy atom. The lowest BCUT2D eigenvalue weighted by Gasteiger charge is -2.35. The summed E-state index contributed by atoms with van der Waals surface area (Å²) in [5, 5.41) is 9.58. The predicted octanol–water partition coefficient (Wildman–Crippen LogP) is 2.07. The normalized spacial score (nSPS) is 42.2. The Morgan fingerprint density at radius 2 is 2.07 bits per heavy atom. The fourth-order valence-electron chi connectivity index (χ4n) is 3.23. The number of hydrogen-bond donors (Lipinski definition) is 1. The van der Waals surface area contributed by atoms with E-state index in [0.29, 0.717) is 12.5 Å². The second kappa shape index (κ2) is 3.82. The van der Waals surface area contributed by atoms with Crippen molar-refractivity contribution in [3.8, 4) is 0 Å². The molecule has 2 aliphatic carbocycles. The van der Waals surface area contributed by atoms with Gasteiger partial charge in [-0.15, -0.1) is 0 Å². The summed E-state index contributed by atoms with van der Waals surface area (Å²) in [7, 11) is 1.75. The molecule has 2 fully saturated rings. The molecule has 0 saturated heterocycles. The van der Waals surface area contributed by atoms with Crippen molar-refractivity contribution >= 4 is 0 Å². The van der Waals surface area contributed by atoms with Crippen LogP contribution in [-0.2, 0) is 4.74 Å². The summed E-state index contributed by atoms with van der Waals surface area (Å²) in [4.78, 5) is 0. The van der Waals surface area contributed by atoms with E-state index in [1.165, 1.54) is 19.3 Å². The van der Waals surface area contributed by atoms with Gasteiger partial charge in [0, 0.05) is 20.3 Å². The van der Waals surface area contributed by atoms with E-state index in [0.717, 1.165) is 24.9 Å². The Balaban J connectivity index is 1.91. The van der Waals surface area contributed by atoms with E-state index >= 15 is 0 Å². The maximum atomic E-state index is 9.58. The topological polar surface area (TPSA) is 29.5 Å². The Hall–Kier alpha value is -0.0800. The van der Waals surface area contributed by atoms with Crippen molar-refractivity contribution in [3.05, 3.63) is 0 Å². The van der Waals surface area contributed by atoms with Crippen LogP contribution in [0.15, 0.2) is 0 Å². The van der Waals surface area contributed by atoms with Crippen LogP contribution in [0.2, 0.25) is 0 Å². The molecule has 3 atom stereocenters. The summed E-state index contributed by atoms with van der Waals surface area (Å²) >= 11 is 0. The number of aliphatic hydroxyl groups is 1. The van der Waals surface area contributed by atoms with Crippen molar-refractivity contribution in [2.45, 2.75) is 32.6 Å². The van der Waals surface area contributed by atoms with Gasteiger partial charge in [-0.25, -0.2) is 0 Å². The van der Waals surface area contributed by atoms with Crippen LogP contribution in [0.3, 0.4) is 0 Å². The zero-order valence-corrected chi connectivity index (χ0v) is 9.33. The molecule has 0 aliphatic heterocycles. The molecule has 0 heterocycles. The lowest BCUT2D eigenvalue weighted by atomic mass is 9.72. The van der Waals surface area contributed by atoms with Gasteiger partial charge in [0.2, 0.25) is 0 Å². The minimum Gasteiger partial charge on any atom is -0.396 e. The van der Waals surface area contributed by atoms with Crippen LogP contribution in [0.1, 0.15) is 32.6 Å². The highest BCUT2D eigenvalue weighted by Gasteiger charge is 2.55. The Morgan fingerprint density at radius 3 is 2.57 bits per heavy atom. The summed E-state index contributed by atoms with van der Waals surface area (Å²) < 4.78 is 5.12. The highest BCUT2D eigenvalue weighted by atomic mass is 16.5. The minimum absolute atomic E-state index is 0.242. The van der Waals surface area contributed by atoms with Crippen molar-refractivity contribution < 1.29 is 9.84 Å². The first-order valence-corrected chi connectivity index (χ1v) is 5.81. The van der Waals surface area contributed by atoms with E-state index in [2.05, 4.69) is 6.92 Å². The maximum Gasteiger partial charge on any atom is 0.0490 e. The average Bonchev–Trinajstić information content (AvgIpc) is 2.82. The zero-order chi connectivity index (χ0) is 10.2. The molecule has 0 aromatic rings. The third-order valence-corrected chi connectivity index (χ3v) is 4.52. The number of fused-ring (bicyclic) bond motifs is 1. The second-order valence-corrected chi connectivity index (χ2v) is 5.37. The standard InChI is InChI=1S/C12H22O2/c1-9(3-4-14-2)12(8-13)6-10-5-11(10)7-12/h9-11,13H,3-8H2,1-2H3. The van der Waals surface area contributed by atoms with Gasteiger partial charge in [0.1, 0.15) is 0 Å². The van der Waals surface area contributed by atoms with Gasteiger partial charge in [-0.3, -0.25) is 0 Å². The molecular weight excluding hydrogens is 176 g/mol. The molecular formula is C12H22O2. The third-order valence-electron chi connectivity index (χ3n) is 4.52. The van der Waals surface area contributed by atoms with Gasteiger partial charge in [0.05, 0.1) is 0 Å². The second-order valence-electron chi connectivity index (χ2n) is 5.37. The summed E-state index contributed by atoms with van der Waals surface area (Å²) in [5.41, 5.74) is 0.242. The van der Waals surface area contributed by atoms with Gasteiger partial charge < -0.3 is 9.84 Å². The molecule has 3 unspecified atom stereocenters. The molecule has 0 spiro atoms. The minimum atomic E-state index is 0.242. The smallest absolute Gasteiger partial charge is 0.0490 e. The van der Waals surface area contributed by atoms with E-state index in [-0.39, 0.29) is 5.41 Å². The number of hydrogen-bond acceptors (Lipinski definition) is 2. The number of methoxy groups -OCH3 is 1. The molecule has 0 radical (unpaired) electrons. The van der Waals surface area contributed by atoms with Gasteiger partial charge >= 0.3 is 0 Å². The van der Waals surface area contributed by atoms with Crippen molar-refractivity contribution in [1.29, 1.82) is 0 Å². The molecule has 2 nitrogen and oxygen atoms in total. The number of aliphatic hydroxyl groups excluding tert-OH is 1. The van der Waals surface area contributed by atoms with Gasteiger partial charge in [-0.05, 0) is 48.9 Å². The van der Waals surface area contributed by atoms with Crippen LogP contribution < -0.4 is 0 Å². The molecule has 2 saturated carbocycles. The fraction of sp³-hybridized carbons (Fsp3) is 1.00. The van der Waals surface area contributed by atoms with Crippen LogP contribution in [0, 0.1) is 23.2 Å². The average molecular weight is 198 g/mol. The largest absolute Gasteiger partial charge is 0.396 e. The van der Waals surface area contributed by atoms with Crippen LogP contribution >= 0.6 is 0 Å². The zero-order valence-electron chi connectivity index (χ0n) is 9.33. The monoisotopic (exact) mass is 198 g/mol. The first-order chi connectivity index (χ1) is 6.72. The summed E-state index contributed by atoms with van der Waals surface area (Å²) in [6.45, 7) is 3.49. The molecule has 0 aromatic heterocycles. The summed E-state index contributed by atoms with van der Waals surface area (Å²) in [6, 6.07) is 0. The summed E-state index contributed by atoms with van der Waals surface area (Å²) in [5.74, 6) is 2.51. The van der Waals surface area contributed by atoms with Crippen LogP contribution in [-0.4, -0.2) is 25.4 Å². The van der Waals surface area contributed by atoms with Gasteiger partial charge in [0.25, 0.3) is 0 Å². The molecule has 0 amide bonds. The van der Waals surface area contributed by atoms with E-state index in [9.17, 15) is 5.11 Å². The lowest BCUT2D eigenvalue weighted by Crippen LogP contribution is -2.32. The maximum absolute atomic E-state index is 9.58. The molecule has 82 valence electrons. The van der Waals surface area contributed by atoms with E-state index in [1.807, 2.05) is 0 Å².